The number of sulfonamides is 1. The Morgan fingerprint density at radius 1 is 0.946 bits per heavy atom. The van der Waals surface area contributed by atoms with Crippen molar-refractivity contribution >= 4 is 27.0 Å². The van der Waals surface area contributed by atoms with E-state index in [0.717, 1.165) is 46.6 Å². The maximum atomic E-state index is 12.5. The van der Waals surface area contributed by atoms with Gasteiger partial charge in [-0.2, -0.15) is 0 Å². The molecule has 9 heteroatoms. The summed E-state index contributed by atoms with van der Waals surface area (Å²) in [5.74, 6) is 0.735. The molecule has 37 heavy (non-hydrogen) atoms. The monoisotopic (exact) mass is 521 g/mol. The van der Waals surface area contributed by atoms with Gasteiger partial charge in [-0.25, -0.2) is 17.7 Å². The molecular formula is C28H31N3O5S. The van der Waals surface area contributed by atoms with Crippen molar-refractivity contribution < 1.29 is 23.1 Å². The zero-order valence-electron chi connectivity index (χ0n) is 21.0. The highest BCUT2D eigenvalue weighted by Crippen LogP contribution is 2.29. The fourth-order valence-electron chi connectivity index (χ4n) is 4.13. The number of imidazole rings is 1. The molecular weight excluding hydrogens is 490 g/mol. The van der Waals surface area contributed by atoms with Crippen LogP contribution in [-0.2, 0) is 21.4 Å². The molecule has 3 aromatic carbocycles. The Morgan fingerprint density at radius 2 is 1.65 bits per heavy atom. The smallest absolute Gasteiger partial charge is 0.303 e. The van der Waals surface area contributed by atoms with E-state index in [0.29, 0.717) is 19.6 Å². The predicted octanol–water partition coefficient (Wildman–Crippen LogP) is 5.03. The second-order valence-electron chi connectivity index (χ2n) is 8.98. The summed E-state index contributed by atoms with van der Waals surface area (Å²) in [6.45, 7) is 1.03. The Kier molecular flexibility index (Phi) is 8.25. The van der Waals surface area contributed by atoms with E-state index in [9.17, 15) is 13.2 Å². The van der Waals surface area contributed by atoms with E-state index in [1.165, 1.54) is 18.4 Å². The molecule has 8 nitrogen and oxygen atoms in total. The Hall–Kier alpha value is -3.69. The maximum absolute atomic E-state index is 12.5. The van der Waals surface area contributed by atoms with Crippen LogP contribution in [0.4, 0.5) is 0 Å². The molecule has 0 amide bonds. The third kappa shape index (κ3) is 6.18. The van der Waals surface area contributed by atoms with Gasteiger partial charge in [0.25, 0.3) is 0 Å². The van der Waals surface area contributed by atoms with E-state index in [1.807, 2.05) is 48.5 Å². The maximum Gasteiger partial charge on any atom is 0.303 e. The SMILES string of the molecule is CN(C)S(=O)(=O)c1ccc(-c2nc3ccccc3n2Cc2ccccc2OCCCCCC(=O)O)cc1. The van der Waals surface area contributed by atoms with E-state index >= 15 is 0 Å². The van der Waals surface area contributed by atoms with Gasteiger partial charge in [-0.3, -0.25) is 4.79 Å². The molecule has 0 aliphatic carbocycles. The van der Waals surface area contributed by atoms with Crippen LogP contribution in [0.3, 0.4) is 0 Å². The van der Waals surface area contributed by atoms with E-state index in [1.54, 1.807) is 24.3 Å². The first-order chi connectivity index (χ1) is 17.8. The number of benzene rings is 3. The Morgan fingerprint density at radius 3 is 2.38 bits per heavy atom. The minimum absolute atomic E-state index is 0.176. The van der Waals surface area contributed by atoms with Gasteiger partial charge in [-0.1, -0.05) is 30.3 Å². The summed E-state index contributed by atoms with van der Waals surface area (Å²) in [7, 11) is -0.499. The van der Waals surface area contributed by atoms with Crippen LogP contribution >= 0.6 is 0 Å². The van der Waals surface area contributed by atoms with Crippen molar-refractivity contribution in [3.05, 3.63) is 78.4 Å². The molecule has 0 unspecified atom stereocenters. The van der Waals surface area contributed by atoms with Gasteiger partial charge >= 0.3 is 5.97 Å². The molecule has 0 aliphatic rings. The minimum Gasteiger partial charge on any atom is -0.493 e. The topological polar surface area (TPSA) is 102 Å². The fourth-order valence-corrected chi connectivity index (χ4v) is 5.03. The lowest BCUT2D eigenvalue weighted by molar-refractivity contribution is -0.137. The van der Waals surface area contributed by atoms with Gasteiger partial charge in [0.1, 0.15) is 11.6 Å². The quantitative estimate of drug-likeness (QED) is 0.263. The normalized spacial score (nSPS) is 11.8. The number of fused-ring (bicyclic) bond motifs is 1. The van der Waals surface area contributed by atoms with Crippen molar-refractivity contribution in [3.63, 3.8) is 0 Å². The number of carboxylic acid groups (broad SMARTS) is 1. The molecule has 0 saturated carbocycles. The van der Waals surface area contributed by atoms with Crippen molar-refractivity contribution in [2.75, 3.05) is 20.7 Å². The zero-order chi connectivity index (χ0) is 26.4. The molecule has 0 fully saturated rings. The van der Waals surface area contributed by atoms with E-state index in [-0.39, 0.29) is 11.3 Å². The highest BCUT2D eigenvalue weighted by atomic mass is 32.2. The second kappa shape index (κ2) is 11.6. The number of carbonyl (C=O) groups is 1. The lowest BCUT2D eigenvalue weighted by atomic mass is 10.1. The number of aliphatic carboxylic acids is 1. The zero-order valence-corrected chi connectivity index (χ0v) is 21.8. The molecule has 0 spiro atoms. The molecule has 4 aromatic rings. The number of nitrogens with zero attached hydrogens (tertiary/aromatic N) is 3. The first kappa shape index (κ1) is 26.4. The van der Waals surface area contributed by atoms with Crippen molar-refractivity contribution in [3.8, 4) is 17.1 Å². The van der Waals surface area contributed by atoms with Crippen LogP contribution in [0.25, 0.3) is 22.4 Å². The molecule has 0 bridgehead atoms. The lowest BCUT2D eigenvalue weighted by Gasteiger charge is -2.15. The molecule has 0 radical (unpaired) electrons. The summed E-state index contributed by atoms with van der Waals surface area (Å²) in [4.78, 5) is 15.8. The highest BCUT2D eigenvalue weighted by molar-refractivity contribution is 7.89. The molecule has 1 aromatic heterocycles. The molecule has 4 rings (SSSR count). The molecule has 1 N–H and O–H groups in total. The number of carboxylic acids is 1. The van der Waals surface area contributed by atoms with Gasteiger partial charge in [0.05, 0.1) is 29.1 Å². The summed E-state index contributed by atoms with van der Waals surface area (Å²) in [6, 6.07) is 22.5. The number of para-hydroxylation sites is 3. The summed E-state index contributed by atoms with van der Waals surface area (Å²) in [5.41, 5.74) is 3.61. The van der Waals surface area contributed by atoms with Gasteiger partial charge in [-0.05, 0) is 61.7 Å². The van der Waals surface area contributed by atoms with Crippen LogP contribution < -0.4 is 4.74 Å². The molecule has 194 valence electrons. The van der Waals surface area contributed by atoms with Crippen molar-refractivity contribution in [1.29, 1.82) is 0 Å². The summed E-state index contributed by atoms with van der Waals surface area (Å²) < 4.78 is 34.4. The van der Waals surface area contributed by atoms with Gasteiger partial charge in [0, 0.05) is 31.6 Å². The summed E-state index contributed by atoms with van der Waals surface area (Å²) in [6.07, 6.45) is 2.39. The van der Waals surface area contributed by atoms with Crippen LogP contribution in [0.1, 0.15) is 31.2 Å². The summed E-state index contributed by atoms with van der Waals surface area (Å²) in [5, 5.41) is 8.79. The first-order valence-electron chi connectivity index (χ1n) is 12.2. The average molecular weight is 522 g/mol. The molecule has 0 aliphatic heterocycles. The van der Waals surface area contributed by atoms with Crippen LogP contribution in [0, 0.1) is 0 Å². The van der Waals surface area contributed by atoms with Crippen LogP contribution in [0.5, 0.6) is 5.75 Å². The van der Waals surface area contributed by atoms with Gasteiger partial charge in [-0.15, -0.1) is 0 Å². The average Bonchev–Trinajstić information content (AvgIpc) is 3.25. The summed E-state index contributed by atoms with van der Waals surface area (Å²) >= 11 is 0. The van der Waals surface area contributed by atoms with E-state index in [4.69, 9.17) is 14.8 Å². The number of rotatable bonds is 12. The lowest BCUT2D eigenvalue weighted by Crippen LogP contribution is -2.22. The van der Waals surface area contributed by atoms with Gasteiger partial charge in [0.2, 0.25) is 10.0 Å². The Bertz CT molecular complexity index is 1480. The number of ether oxygens (including phenoxy) is 1. The van der Waals surface area contributed by atoms with Crippen molar-refractivity contribution in [1.82, 2.24) is 13.9 Å². The van der Waals surface area contributed by atoms with E-state index < -0.39 is 16.0 Å². The largest absolute Gasteiger partial charge is 0.493 e. The minimum atomic E-state index is -3.52. The fraction of sp³-hybridized carbons (Fsp3) is 0.286. The van der Waals surface area contributed by atoms with Crippen molar-refractivity contribution in [2.45, 2.75) is 37.1 Å². The first-order valence-corrected chi connectivity index (χ1v) is 13.6. The Labute approximate surface area is 217 Å². The van der Waals surface area contributed by atoms with Gasteiger partial charge < -0.3 is 14.4 Å². The van der Waals surface area contributed by atoms with Gasteiger partial charge in [0.15, 0.2) is 0 Å². The number of aromatic nitrogens is 2. The van der Waals surface area contributed by atoms with Crippen LogP contribution in [0.2, 0.25) is 0 Å². The predicted molar refractivity (Wildman–Crippen MR) is 143 cm³/mol. The number of hydrogen-bond acceptors (Lipinski definition) is 5. The van der Waals surface area contributed by atoms with Crippen LogP contribution in [0.15, 0.2) is 77.7 Å². The number of hydrogen-bond donors (Lipinski definition) is 1. The van der Waals surface area contributed by atoms with E-state index in [2.05, 4.69) is 4.57 Å². The highest BCUT2D eigenvalue weighted by Gasteiger charge is 2.19. The molecule has 0 atom stereocenters. The third-order valence-electron chi connectivity index (χ3n) is 6.14. The second-order valence-corrected chi connectivity index (χ2v) is 11.1. The van der Waals surface area contributed by atoms with Crippen molar-refractivity contribution in [2.24, 2.45) is 0 Å². The molecule has 1 heterocycles. The Balaban J connectivity index is 1.61. The van der Waals surface area contributed by atoms with Crippen LogP contribution in [-0.4, -0.2) is 54.1 Å². The number of unbranched alkanes of at least 4 members (excludes halogenated alkanes) is 2. The molecule has 0 saturated heterocycles. The third-order valence-corrected chi connectivity index (χ3v) is 7.97. The standard InChI is InChI=1S/C28H31N3O5S/c1-30(2)37(34,35)23-17-15-21(16-18-23)28-29-24-11-6-7-12-25(24)31(28)20-22-10-5-8-13-26(22)36-19-9-3-4-14-27(32)33/h5-8,10-13,15-18H,3-4,9,14,19-20H2,1-2H3,(H,32,33).